The number of halogens is 1. The van der Waals surface area contributed by atoms with Crippen LogP contribution < -0.4 is 16.0 Å². The van der Waals surface area contributed by atoms with Gasteiger partial charge in [-0.1, -0.05) is 0 Å². The number of urea groups is 1. The Hall–Kier alpha value is -1.66. The smallest absolute Gasteiger partial charge is 0.316 e. The minimum absolute atomic E-state index is 0. The number of benzene rings is 1. The number of carbonyl (C=O) groups is 1. The molecule has 1 aliphatic heterocycles. The molecule has 2 amide bonds. The van der Waals surface area contributed by atoms with Crippen LogP contribution >= 0.6 is 12.4 Å². The summed E-state index contributed by atoms with van der Waals surface area (Å²) in [6.45, 7) is 0.950. The van der Waals surface area contributed by atoms with Crippen molar-refractivity contribution in [2.75, 3.05) is 23.4 Å². The number of aliphatic hydroxyl groups excluding tert-OH is 1. The number of carbonyl (C=O) groups excluding carboxylic acids is 1. The standard InChI is InChI=1S/C13H19N3O3.ClH/c14-13(19)15-11-7-9(4-5-12(11)18)16-6-2-1-3-10(16)8-17;/h4-5,7,10,17-18H,1-3,6,8H2,(H3,14,15,19);1H. The fourth-order valence-corrected chi connectivity index (χ4v) is 2.47. The van der Waals surface area contributed by atoms with Crippen molar-refractivity contribution in [3.8, 4) is 5.75 Å². The Morgan fingerprint density at radius 1 is 1.45 bits per heavy atom. The second-order valence-corrected chi connectivity index (χ2v) is 4.72. The van der Waals surface area contributed by atoms with E-state index in [1.165, 1.54) is 6.07 Å². The molecule has 5 N–H and O–H groups in total. The average molecular weight is 302 g/mol. The normalized spacial score (nSPS) is 18.2. The Morgan fingerprint density at radius 3 is 2.85 bits per heavy atom. The van der Waals surface area contributed by atoms with Gasteiger partial charge in [-0.2, -0.15) is 0 Å². The van der Waals surface area contributed by atoms with Gasteiger partial charge >= 0.3 is 6.03 Å². The van der Waals surface area contributed by atoms with Crippen LogP contribution in [0.1, 0.15) is 19.3 Å². The Morgan fingerprint density at radius 2 is 2.20 bits per heavy atom. The first-order valence-electron chi connectivity index (χ1n) is 6.39. The number of nitrogens with one attached hydrogen (secondary N) is 1. The van der Waals surface area contributed by atoms with Crippen LogP contribution in [0.15, 0.2) is 18.2 Å². The third kappa shape index (κ3) is 3.68. The SMILES string of the molecule is Cl.NC(=O)Nc1cc(N2CCCCC2CO)ccc1O. The van der Waals surface area contributed by atoms with Gasteiger partial charge in [-0.25, -0.2) is 4.79 Å². The molecule has 1 saturated heterocycles. The third-order valence-corrected chi connectivity index (χ3v) is 3.41. The quantitative estimate of drug-likeness (QED) is 0.638. The van der Waals surface area contributed by atoms with Gasteiger partial charge in [0.15, 0.2) is 0 Å². The number of phenols is 1. The van der Waals surface area contributed by atoms with E-state index >= 15 is 0 Å². The van der Waals surface area contributed by atoms with Gasteiger partial charge in [-0.05, 0) is 37.5 Å². The van der Waals surface area contributed by atoms with Crippen molar-refractivity contribution in [3.63, 3.8) is 0 Å². The van der Waals surface area contributed by atoms with Crippen LogP contribution in [0.3, 0.4) is 0 Å². The summed E-state index contributed by atoms with van der Waals surface area (Å²) >= 11 is 0. The van der Waals surface area contributed by atoms with E-state index in [0.717, 1.165) is 31.5 Å². The molecule has 1 atom stereocenters. The summed E-state index contributed by atoms with van der Waals surface area (Å²) in [6, 6.07) is 4.33. The van der Waals surface area contributed by atoms with Gasteiger partial charge in [-0.3, -0.25) is 0 Å². The second kappa shape index (κ2) is 7.21. The number of rotatable bonds is 3. The van der Waals surface area contributed by atoms with E-state index in [4.69, 9.17) is 5.73 Å². The Balaban J connectivity index is 0.00000200. The molecule has 0 aliphatic carbocycles. The van der Waals surface area contributed by atoms with Crippen LogP contribution in [0, 0.1) is 0 Å². The molecular weight excluding hydrogens is 282 g/mol. The van der Waals surface area contributed by atoms with Crippen molar-refractivity contribution in [1.29, 1.82) is 0 Å². The molecular formula is C13H20ClN3O3. The maximum absolute atomic E-state index is 10.9. The summed E-state index contributed by atoms with van der Waals surface area (Å²) in [4.78, 5) is 13.0. The monoisotopic (exact) mass is 301 g/mol. The summed E-state index contributed by atoms with van der Waals surface area (Å²) in [6.07, 6.45) is 3.11. The molecule has 0 spiro atoms. The van der Waals surface area contributed by atoms with Crippen molar-refractivity contribution >= 4 is 29.8 Å². The van der Waals surface area contributed by atoms with Crippen molar-refractivity contribution in [2.45, 2.75) is 25.3 Å². The zero-order chi connectivity index (χ0) is 13.8. The maximum Gasteiger partial charge on any atom is 0.316 e. The van der Waals surface area contributed by atoms with Gasteiger partial charge in [0.2, 0.25) is 0 Å². The lowest BCUT2D eigenvalue weighted by atomic mass is 10.0. The van der Waals surface area contributed by atoms with Gasteiger partial charge in [0.1, 0.15) is 5.75 Å². The number of nitrogens with zero attached hydrogens (tertiary/aromatic N) is 1. The number of aliphatic hydroxyl groups is 1. The highest BCUT2D eigenvalue weighted by atomic mass is 35.5. The van der Waals surface area contributed by atoms with E-state index in [-0.39, 0.29) is 36.5 Å². The minimum Gasteiger partial charge on any atom is -0.506 e. The van der Waals surface area contributed by atoms with E-state index in [2.05, 4.69) is 10.2 Å². The largest absolute Gasteiger partial charge is 0.506 e. The van der Waals surface area contributed by atoms with Crippen LogP contribution in [0.5, 0.6) is 5.75 Å². The number of phenolic OH excluding ortho intramolecular Hbond substituents is 1. The zero-order valence-electron chi connectivity index (χ0n) is 11.1. The molecule has 6 nitrogen and oxygen atoms in total. The third-order valence-electron chi connectivity index (χ3n) is 3.41. The molecule has 1 aromatic carbocycles. The summed E-state index contributed by atoms with van der Waals surface area (Å²) in [5.41, 5.74) is 6.21. The second-order valence-electron chi connectivity index (χ2n) is 4.72. The number of aromatic hydroxyl groups is 1. The molecule has 1 unspecified atom stereocenters. The predicted octanol–water partition coefficient (Wildman–Crippen LogP) is 1.66. The van der Waals surface area contributed by atoms with Crippen LogP contribution in [0.4, 0.5) is 16.2 Å². The van der Waals surface area contributed by atoms with Crippen LogP contribution in [0.2, 0.25) is 0 Å². The number of anilines is 2. The molecule has 0 saturated carbocycles. The lowest BCUT2D eigenvalue weighted by Gasteiger charge is -2.36. The van der Waals surface area contributed by atoms with E-state index in [1.807, 2.05) is 0 Å². The molecule has 1 heterocycles. The summed E-state index contributed by atoms with van der Waals surface area (Å²) < 4.78 is 0. The molecule has 0 radical (unpaired) electrons. The van der Waals surface area contributed by atoms with E-state index in [1.54, 1.807) is 12.1 Å². The number of primary amides is 1. The lowest BCUT2D eigenvalue weighted by molar-refractivity contribution is 0.240. The van der Waals surface area contributed by atoms with Crippen LogP contribution in [-0.2, 0) is 0 Å². The topological polar surface area (TPSA) is 98.8 Å². The van der Waals surface area contributed by atoms with Gasteiger partial charge in [0, 0.05) is 12.2 Å². The van der Waals surface area contributed by atoms with E-state index < -0.39 is 6.03 Å². The van der Waals surface area contributed by atoms with Gasteiger partial charge in [0.25, 0.3) is 0 Å². The van der Waals surface area contributed by atoms with Crippen LogP contribution in [-0.4, -0.2) is 35.4 Å². The first-order chi connectivity index (χ1) is 9.11. The number of hydrogen-bond acceptors (Lipinski definition) is 4. The van der Waals surface area contributed by atoms with Gasteiger partial charge in [-0.15, -0.1) is 12.4 Å². The fourth-order valence-electron chi connectivity index (χ4n) is 2.47. The summed E-state index contributed by atoms with van der Waals surface area (Å²) in [5.74, 6) is -0.0277. The fraction of sp³-hybridized carbons (Fsp3) is 0.462. The number of amides is 2. The van der Waals surface area contributed by atoms with Crippen molar-refractivity contribution in [2.24, 2.45) is 5.73 Å². The predicted molar refractivity (Wildman–Crippen MR) is 80.6 cm³/mol. The summed E-state index contributed by atoms with van der Waals surface area (Å²) in [7, 11) is 0. The van der Waals surface area contributed by atoms with E-state index in [9.17, 15) is 15.0 Å². The molecule has 20 heavy (non-hydrogen) atoms. The minimum atomic E-state index is -0.718. The number of hydrogen-bond donors (Lipinski definition) is 4. The molecule has 2 rings (SSSR count). The lowest BCUT2D eigenvalue weighted by Crippen LogP contribution is -2.41. The van der Waals surface area contributed by atoms with E-state index in [0.29, 0.717) is 0 Å². The first kappa shape index (κ1) is 16.4. The number of piperidine rings is 1. The van der Waals surface area contributed by atoms with Crippen molar-refractivity contribution in [3.05, 3.63) is 18.2 Å². The van der Waals surface area contributed by atoms with Crippen molar-refractivity contribution < 1.29 is 15.0 Å². The van der Waals surface area contributed by atoms with Gasteiger partial charge in [0.05, 0.1) is 18.3 Å². The highest BCUT2D eigenvalue weighted by Crippen LogP contribution is 2.31. The maximum atomic E-state index is 10.9. The Labute approximate surface area is 124 Å². The molecule has 1 fully saturated rings. The number of nitrogens with two attached hydrogens (primary N) is 1. The molecule has 1 aliphatic rings. The molecule has 0 bridgehead atoms. The zero-order valence-corrected chi connectivity index (χ0v) is 11.9. The first-order valence-corrected chi connectivity index (χ1v) is 6.39. The molecule has 1 aromatic rings. The van der Waals surface area contributed by atoms with Crippen molar-refractivity contribution in [1.82, 2.24) is 0 Å². The average Bonchev–Trinajstić information content (AvgIpc) is 2.41. The summed E-state index contributed by atoms with van der Waals surface area (Å²) in [5, 5.41) is 21.5. The molecule has 7 heteroatoms. The Bertz CT molecular complexity index is 470. The molecule has 112 valence electrons. The highest BCUT2D eigenvalue weighted by Gasteiger charge is 2.22. The highest BCUT2D eigenvalue weighted by molar-refractivity contribution is 5.90. The molecule has 0 aromatic heterocycles. The Kier molecular flexibility index (Phi) is 5.91. The van der Waals surface area contributed by atoms with Gasteiger partial charge < -0.3 is 26.2 Å². The van der Waals surface area contributed by atoms with Crippen LogP contribution in [0.25, 0.3) is 0 Å².